The molecule has 6 heteroatoms. The molecule has 5 rings (SSSR count). The average Bonchev–Trinajstić information content (AvgIpc) is 3.38. The van der Waals surface area contributed by atoms with Gasteiger partial charge in [0.25, 0.3) is 0 Å². The van der Waals surface area contributed by atoms with Gasteiger partial charge in [0.2, 0.25) is 5.91 Å². The molecular formula is C24H27N5O. The second-order valence-electron chi connectivity index (χ2n) is 8.60. The molecule has 0 spiro atoms. The Morgan fingerprint density at radius 1 is 1.20 bits per heavy atom. The number of imidazole rings is 1. The maximum atomic E-state index is 12.0. The summed E-state index contributed by atoms with van der Waals surface area (Å²) in [5, 5.41) is 1.07. The third-order valence-electron chi connectivity index (χ3n) is 6.31. The lowest BCUT2D eigenvalue weighted by atomic mass is 9.93. The fourth-order valence-electron chi connectivity index (χ4n) is 4.60. The smallest absolute Gasteiger partial charge is 0.219 e. The number of hydrogen-bond donors (Lipinski definition) is 1. The molecular weight excluding hydrogens is 374 g/mol. The Labute approximate surface area is 176 Å². The van der Waals surface area contributed by atoms with Gasteiger partial charge >= 0.3 is 0 Å². The number of rotatable bonds is 3. The standard InChI is InChI=1S/C24H27N5O/c1-15(2)17-6-8-18(9-7-17)24-27-21(19-5-4-12-28(13-19)16(3)30)22-20-10-11-25-23(20)26-14-29(22)24/h6-11,14-15,19,25H,4-5,12-13H2,1-3H3. The molecule has 0 bridgehead atoms. The van der Waals surface area contributed by atoms with Gasteiger partial charge < -0.3 is 9.88 Å². The van der Waals surface area contributed by atoms with E-state index in [9.17, 15) is 4.79 Å². The monoisotopic (exact) mass is 401 g/mol. The van der Waals surface area contributed by atoms with E-state index < -0.39 is 0 Å². The normalized spacial score (nSPS) is 17.3. The lowest BCUT2D eigenvalue weighted by Gasteiger charge is -2.31. The van der Waals surface area contributed by atoms with E-state index in [-0.39, 0.29) is 11.8 Å². The molecule has 1 amide bonds. The van der Waals surface area contributed by atoms with E-state index in [2.05, 4.69) is 58.5 Å². The number of nitrogens with one attached hydrogen (secondary N) is 1. The minimum absolute atomic E-state index is 0.140. The molecule has 6 nitrogen and oxygen atoms in total. The maximum absolute atomic E-state index is 12.0. The molecule has 30 heavy (non-hydrogen) atoms. The first kappa shape index (κ1) is 18.9. The summed E-state index contributed by atoms with van der Waals surface area (Å²) in [5.74, 6) is 1.77. The summed E-state index contributed by atoms with van der Waals surface area (Å²) in [6, 6.07) is 10.7. The molecule has 1 saturated heterocycles. The van der Waals surface area contributed by atoms with Crippen molar-refractivity contribution in [2.24, 2.45) is 0 Å². The first-order valence-electron chi connectivity index (χ1n) is 10.7. The number of H-pyrrole nitrogens is 1. The van der Waals surface area contributed by atoms with Gasteiger partial charge in [-0.1, -0.05) is 38.1 Å². The zero-order valence-corrected chi connectivity index (χ0v) is 17.7. The summed E-state index contributed by atoms with van der Waals surface area (Å²) in [6.45, 7) is 7.62. The molecule has 1 unspecified atom stereocenters. The molecule has 1 aliphatic rings. The van der Waals surface area contributed by atoms with Crippen LogP contribution in [0.4, 0.5) is 0 Å². The van der Waals surface area contributed by atoms with Crippen LogP contribution in [-0.4, -0.2) is 43.2 Å². The van der Waals surface area contributed by atoms with Gasteiger partial charge in [0.15, 0.2) is 0 Å². The highest BCUT2D eigenvalue weighted by Crippen LogP contribution is 2.35. The van der Waals surface area contributed by atoms with Crippen LogP contribution in [0.3, 0.4) is 0 Å². The molecule has 154 valence electrons. The number of amides is 1. The fourth-order valence-corrected chi connectivity index (χ4v) is 4.60. The number of likely N-dealkylation sites (tertiary alicyclic amines) is 1. The van der Waals surface area contributed by atoms with Gasteiger partial charge in [-0.05, 0) is 30.4 Å². The first-order valence-corrected chi connectivity index (χ1v) is 10.7. The van der Waals surface area contributed by atoms with E-state index in [1.165, 1.54) is 5.56 Å². The van der Waals surface area contributed by atoms with Crippen LogP contribution in [0.25, 0.3) is 27.9 Å². The summed E-state index contributed by atoms with van der Waals surface area (Å²) in [7, 11) is 0. The van der Waals surface area contributed by atoms with E-state index in [4.69, 9.17) is 4.98 Å². The minimum Gasteiger partial charge on any atom is -0.346 e. The van der Waals surface area contributed by atoms with Crippen LogP contribution in [0.1, 0.15) is 56.7 Å². The van der Waals surface area contributed by atoms with Crippen molar-refractivity contribution in [3.63, 3.8) is 0 Å². The Bertz CT molecular complexity index is 1220. The highest BCUT2D eigenvalue weighted by atomic mass is 16.2. The molecule has 1 aliphatic heterocycles. The summed E-state index contributed by atoms with van der Waals surface area (Å²) >= 11 is 0. The second-order valence-corrected chi connectivity index (χ2v) is 8.60. The third-order valence-corrected chi connectivity index (χ3v) is 6.31. The minimum atomic E-state index is 0.140. The van der Waals surface area contributed by atoms with Crippen molar-refractivity contribution in [3.05, 3.63) is 54.1 Å². The molecule has 0 saturated carbocycles. The SMILES string of the molecule is CC(=O)N1CCCC(c2nc(-c3ccc(C(C)C)cc3)n3cnc4[nH]ccc4c23)C1. The Balaban J connectivity index is 1.68. The van der Waals surface area contributed by atoms with Crippen LogP contribution >= 0.6 is 0 Å². The van der Waals surface area contributed by atoms with Gasteiger partial charge in [-0.2, -0.15) is 0 Å². The van der Waals surface area contributed by atoms with Crippen LogP contribution in [-0.2, 0) is 4.79 Å². The molecule has 0 radical (unpaired) electrons. The van der Waals surface area contributed by atoms with Gasteiger partial charge in [0.1, 0.15) is 17.8 Å². The van der Waals surface area contributed by atoms with Crippen molar-refractivity contribution < 1.29 is 4.79 Å². The first-order chi connectivity index (χ1) is 14.5. The third kappa shape index (κ3) is 3.07. The lowest BCUT2D eigenvalue weighted by molar-refractivity contribution is -0.130. The van der Waals surface area contributed by atoms with Gasteiger partial charge in [-0.25, -0.2) is 9.97 Å². The van der Waals surface area contributed by atoms with Crippen molar-refractivity contribution in [2.75, 3.05) is 13.1 Å². The van der Waals surface area contributed by atoms with E-state index in [1.54, 1.807) is 6.92 Å². The molecule has 1 atom stereocenters. The summed E-state index contributed by atoms with van der Waals surface area (Å²) in [4.78, 5) is 26.9. The highest BCUT2D eigenvalue weighted by Gasteiger charge is 2.28. The summed E-state index contributed by atoms with van der Waals surface area (Å²) < 4.78 is 2.11. The van der Waals surface area contributed by atoms with Crippen molar-refractivity contribution in [3.8, 4) is 11.4 Å². The number of aromatic amines is 1. The second kappa shape index (κ2) is 7.27. The summed E-state index contributed by atoms with van der Waals surface area (Å²) in [5.41, 5.74) is 5.42. The zero-order valence-electron chi connectivity index (χ0n) is 17.7. The molecule has 0 aliphatic carbocycles. The van der Waals surface area contributed by atoms with Crippen LogP contribution in [0.15, 0.2) is 42.9 Å². The van der Waals surface area contributed by atoms with Crippen molar-refractivity contribution in [2.45, 2.75) is 45.4 Å². The molecule has 1 fully saturated rings. The van der Waals surface area contributed by atoms with Crippen LogP contribution in [0.5, 0.6) is 0 Å². The number of fused-ring (bicyclic) bond motifs is 3. The zero-order chi connectivity index (χ0) is 20.8. The molecule has 1 N–H and O–H groups in total. The van der Waals surface area contributed by atoms with Gasteiger partial charge in [0, 0.05) is 43.1 Å². The fraction of sp³-hybridized carbons (Fsp3) is 0.375. The topological polar surface area (TPSA) is 66.3 Å². The average molecular weight is 402 g/mol. The molecule has 4 aromatic rings. The summed E-state index contributed by atoms with van der Waals surface area (Å²) in [6.07, 6.45) is 5.83. The maximum Gasteiger partial charge on any atom is 0.219 e. The predicted octanol–water partition coefficient (Wildman–Crippen LogP) is 4.73. The highest BCUT2D eigenvalue weighted by molar-refractivity contribution is 5.94. The number of aromatic nitrogens is 4. The number of hydrogen-bond acceptors (Lipinski definition) is 3. The van der Waals surface area contributed by atoms with Gasteiger partial charge in [-0.15, -0.1) is 0 Å². The van der Waals surface area contributed by atoms with Crippen LogP contribution in [0.2, 0.25) is 0 Å². The van der Waals surface area contributed by atoms with Crippen LogP contribution in [0, 0.1) is 0 Å². The number of piperidine rings is 1. The molecule has 4 heterocycles. The Morgan fingerprint density at radius 2 is 2.00 bits per heavy atom. The quantitative estimate of drug-likeness (QED) is 0.540. The number of carbonyl (C=O) groups is 1. The molecule has 3 aromatic heterocycles. The van der Waals surface area contributed by atoms with Crippen molar-refractivity contribution >= 4 is 22.5 Å². The van der Waals surface area contributed by atoms with E-state index in [1.807, 2.05) is 17.4 Å². The van der Waals surface area contributed by atoms with E-state index in [0.717, 1.165) is 59.6 Å². The molecule has 1 aromatic carbocycles. The Hall–Kier alpha value is -3.15. The van der Waals surface area contributed by atoms with Crippen molar-refractivity contribution in [1.82, 2.24) is 24.3 Å². The Kier molecular flexibility index (Phi) is 4.57. The van der Waals surface area contributed by atoms with E-state index in [0.29, 0.717) is 5.92 Å². The van der Waals surface area contributed by atoms with Gasteiger partial charge in [0.05, 0.1) is 11.2 Å². The van der Waals surface area contributed by atoms with E-state index >= 15 is 0 Å². The largest absolute Gasteiger partial charge is 0.346 e. The Morgan fingerprint density at radius 3 is 2.73 bits per heavy atom. The van der Waals surface area contributed by atoms with Crippen LogP contribution < -0.4 is 0 Å². The lowest BCUT2D eigenvalue weighted by Crippen LogP contribution is -2.37. The predicted molar refractivity (Wildman–Crippen MR) is 119 cm³/mol. The van der Waals surface area contributed by atoms with Crippen molar-refractivity contribution in [1.29, 1.82) is 0 Å². The number of nitrogens with zero attached hydrogens (tertiary/aromatic N) is 4. The number of carbonyl (C=O) groups excluding carboxylic acids is 1. The number of benzene rings is 1. The van der Waals surface area contributed by atoms with Gasteiger partial charge in [-0.3, -0.25) is 9.20 Å².